The number of hydrogen-bond acceptors (Lipinski definition) is 4. The number of fused-ring (bicyclic) bond motifs is 1. The summed E-state index contributed by atoms with van der Waals surface area (Å²) in [5.41, 5.74) is -1.40. The third-order valence-corrected chi connectivity index (χ3v) is 2.51. The number of carbonyl (C=O) groups is 1. The third kappa shape index (κ3) is 2.18. The Morgan fingerprint density at radius 2 is 2.00 bits per heavy atom. The molecule has 19 heavy (non-hydrogen) atoms. The molecule has 0 aliphatic heterocycles. The summed E-state index contributed by atoms with van der Waals surface area (Å²) in [7, 11) is 1.28. The molecular formula is C12H7F3O4. The van der Waals surface area contributed by atoms with Gasteiger partial charge in [-0.1, -0.05) is 0 Å². The minimum absolute atomic E-state index is 0.0922. The first-order valence-corrected chi connectivity index (χ1v) is 5.05. The van der Waals surface area contributed by atoms with Gasteiger partial charge in [-0.15, -0.1) is 0 Å². The molecule has 7 heteroatoms. The average Bonchev–Trinajstić information content (AvgIpc) is 2.36. The lowest BCUT2D eigenvalue weighted by atomic mass is 10.1. The van der Waals surface area contributed by atoms with E-state index < -0.39 is 17.4 Å². The van der Waals surface area contributed by atoms with Gasteiger partial charge in [0.05, 0.1) is 18.1 Å². The Kier molecular flexibility index (Phi) is 3.05. The van der Waals surface area contributed by atoms with Gasteiger partial charge in [0.15, 0.2) is 11.7 Å². The maximum Gasteiger partial charge on any atom is 0.449 e. The number of aldehydes is 1. The standard InChI is InChI=1S/C12H7F3O4/c1-18-8-2-3-9-11(6(8)5-16)7(17)4-10(19-9)12(13,14)15/h2-5H,1H3. The maximum atomic E-state index is 12.5. The van der Waals surface area contributed by atoms with Gasteiger partial charge in [-0.2, -0.15) is 13.2 Å². The van der Waals surface area contributed by atoms with E-state index in [1.54, 1.807) is 0 Å². The number of alkyl halides is 3. The fraction of sp³-hybridized carbons (Fsp3) is 0.167. The predicted octanol–water partition coefficient (Wildman–Crippen LogP) is 2.63. The summed E-state index contributed by atoms with van der Waals surface area (Å²) in [5.74, 6) is -1.32. The number of ether oxygens (including phenoxy) is 1. The smallest absolute Gasteiger partial charge is 0.449 e. The SMILES string of the molecule is COc1ccc2oc(C(F)(F)F)cc(=O)c2c1C=O. The molecule has 1 aromatic carbocycles. The van der Waals surface area contributed by atoms with Crippen LogP contribution in [-0.4, -0.2) is 13.4 Å². The zero-order chi connectivity index (χ0) is 14.2. The Morgan fingerprint density at radius 3 is 2.53 bits per heavy atom. The topological polar surface area (TPSA) is 56.5 Å². The van der Waals surface area contributed by atoms with Crippen LogP contribution in [0.2, 0.25) is 0 Å². The van der Waals surface area contributed by atoms with Gasteiger partial charge < -0.3 is 9.15 Å². The van der Waals surface area contributed by atoms with E-state index in [4.69, 9.17) is 4.74 Å². The van der Waals surface area contributed by atoms with E-state index in [1.807, 2.05) is 0 Å². The molecule has 0 aliphatic carbocycles. The minimum atomic E-state index is -4.77. The Balaban J connectivity index is 2.87. The number of rotatable bonds is 2. The van der Waals surface area contributed by atoms with Crippen LogP contribution in [0, 0.1) is 0 Å². The van der Waals surface area contributed by atoms with Gasteiger partial charge in [-0.3, -0.25) is 9.59 Å². The van der Waals surface area contributed by atoms with Gasteiger partial charge in [0, 0.05) is 6.07 Å². The van der Waals surface area contributed by atoms with Crippen molar-refractivity contribution in [2.45, 2.75) is 6.18 Å². The Bertz CT molecular complexity index is 700. The lowest BCUT2D eigenvalue weighted by Gasteiger charge is -2.09. The van der Waals surface area contributed by atoms with E-state index in [2.05, 4.69) is 4.42 Å². The molecule has 2 rings (SSSR count). The zero-order valence-corrected chi connectivity index (χ0v) is 9.58. The zero-order valence-electron chi connectivity index (χ0n) is 9.58. The van der Waals surface area contributed by atoms with Crippen molar-refractivity contribution in [1.29, 1.82) is 0 Å². The van der Waals surface area contributed by atoms with Crippen molar-refractivity contribution >= 4 is 17.3 Å². The highest BCUT2D eigenvalue weighted by Crippen LogP contribution is 2.32. The van der Waals surface area contributed by atoms with Crippen molar-refractivity contribution in [2.75, 3.05) is 7.11 Å². The molecule has 0 radical (unpaired) electrons. The minimum Gasteiger partial charge on any atom is -0.496 e. The summed E-state index contributed by atoms with van der Waals surface area (Å²) >= 11 is 0. The van der Waals surface area contributed by atoms with Crippen LogP contribution in [0.3, 0.4) is 0 Å². The molecule has 0 N–H and O–H groups in total. The Morgan fingerprint density at radius 1 is 1.32 bits per heavy atom. The second kappa shape index (κ2) is 4.42. The second-order valence-electron chi connectivity index (χ2n) is 3.65. The van der Waals surface area contributed by atoms with Gasteiger partial charge in [-0.25, -0.2) is 0 Å². The van der Waals surface area contributed by atoms with Gasteiger partial charge in [-0.05, 0) is 12.1 Å². The normalized spacial score (nSPS) is 11.6. The Labute approximate surface area is 104 Å². The molecule has 0 saturated carbocycles. The molecule has 0 saturated heterocycles. The fourth-order valence-electron chi connectivity index (χ4n) is 1.69. The van der Waals surface area contributed by atoms with Crippen LogP contribution >= 0.6 is 0 Å². The van der Waals surface area contributed by atoms with Crippen molar-refractivity contribution in [3.63, 3.8) is 0 Å². The van der Waals surface area contributed by atoms with Crippen molar-refractivity contribution in [3.05, 3.63) is 39.7 Å². The van der Waals surface area contributed by atoms with Gasteiger partial charge >= 0.3 is 6.18 Å². The van der Waals surface area contributed by atoms with E-state index >= 15 is 0 Å². The number of halogens is 3. The summed E-state index contributed by atoms with van der Waals surface area (Å²) in [6.45, 7) is 0. The van der Waals surface area contributed by atoms with Gasteiger partial charge in [0.1, 0.15) is 11.3 Å². The molecule has 0 unspecified atom stereocenters. The summed E-state index contributed by atoms with van der Waals surface area (Å²) in [6, 6.07) is 2.72. The van der Waals surface area contributed by atoms with E-state index in [-0.39, 0.29) is 22.3 Å². The molecule has 0 atom stereocenters. The molecule has 100 valence electrons. The van der Waals surface area contributed by atoms with Gasteiger partial charge in [0.2, 0.25) is 5.76 Å². The van der Waals surface area contributed by atoms with Crippen LogP contribution in [0.1, 0.15) is 16.1 Å². The lowest BCUT2D eigenvalue weighted by Crippen LogP contribution is -2.12. The van der Waals surface area contributed by atoms with Crippen LogP contribution in [-0.2, 0) is 6.18 Å². The van der Waals surface area contributed by atoms with Crippen molar-refractivity contribution in [2.24, 2.45) is 0 Å². The largest absolute Gasteiger partial charge is 0.496 e. The molecule has 0 aliphatic rings. The van der Waals surface area contributed by atoms with Crippen molar-refractivity contribution < 1.29 is 27.1 Å². The molecular weight excluding hydrogens is 265 g/mol. The van der Waals surface area contributed by atoms with Crippen molar-refractivity contribution in [1.82, 2.24) is 0 Å². The highest BCUT2D eigenvalue weighted by atomic mass is 19.4. The molecule has 1 heterocycles. The highest BCUT2D eigenvalue weighted by Gasteiger charge is 2.35. The van der Waals surface area contributed by atoms with Gasteiger partial charge in [0.25, 0.3) is 0 Å². The molecule has 0 amide bonds. The number of methoxy groups -OCH3 is 1. The molecule has 0 bridgehead atoms. The fourth-order valence-corrected chi connectivity index (χ4v) is 1.69. The van der Waals surface area contributed by atoms with E-state index in [9.17, 15) is 22.8 Å². The van der Waals surface area contributed by atoms with Crippen LogP contribution in [0.4, 0.5) is 13.2 Å². The number of benzene rings is 1. The summed E-state index contributed by atoms with van der Waals surface area (Å²) < 4.78 is 47.0. The van der Waals surface area contributed by atoms with E-state index in [0.717, 1.165) is 6.07 Å². The first kappa shape index (κ1) is 13.1. The number of hydrogen-bond donors (Lipinski definition) is 0. The summed E-state index contributed by atoms with van der Waals surface area (Å²) in [5, 5.41) is -0.234. The van der Waals surface area contributed by atoms with Crippen LogP contribution in [0.15, 0.2) is 27.4 Å². The van der Waals surface area contributed by atoms with Crippen LogP contribution in [0.25, 0.3) is 11.0 Å². The maximum absolute atomic E-state index is 12.5. The quantitative estimate of drug-likeness (QED) is 0.788. The average molecular weight is 272 g/mol. The third-order valence-electron chi connectivity index (χ3n) is 2.51. The lowest BCUT2D eigenvalue weighted by molar-refractivity contribution is -0.152. The van der Waals surface area contributed by atoms with E-state index in [0.29, 0.717) is 12.4 Å². The molecule has 4 nitrogen and oxygen atoms in total. The van der Waals surface area contributed by atoms with Crippen LogP contribution in [0.5, 0.6) is 5.75 Å². The molecule has 2 aromatic rings. The summed E-state index contributed by atoms with van der Waals surface area (Å²) in [4.78, 5) is 22.7. The molecule has 0 spiro atoms. The highest BCUT2D eigenvalue weighted by molar-refractivity contribution is 5.98. The second-order valence-corrected chi connectivity index (χ2v) is 3.65. The Hall–Kier alpha value is -2.31. The molecule has 0 fully saturated rings. The monoisotopic (exact) mass is 272 g/mol. The first-order chi connectivity index (χ1) is 8.88. The summed E-state index contributed by atoms with van der Waals surface area (Å²) in [6.07, 6.45) is -4.43. The predicted molar refractivity (Wildman–Crippen MR) is 59.4 cm³/mol. The molecule has 1 aromatic heterocycles. The van der Waals surface area contributed by atoms with Crippen LogP contribution < -0.4 is 10.2 Å². The van der Waals surface area contributed by atoms with E-state index in [1.165, 1.54) is 13.2 Å². The number of carbonyl (C=O) groups excluding carboxylic acids is 1. The van der Waals surface area contributed by atoms with Crippen molar-refractivity contribution in [3.8, 4) is 5.75 Å². The first-order valence-electron chi connectivity index (χ1n) is 5.05.